The quantitative estimate of drug-likeness (QED) is 0.0704. The third kappa shape index (κ3) is 6.89. The van der Waals surface area contributed by atoms with Gasteiger partial charge in [0, 0.05) is 47.7 Å². The summed E-state index contributed by atoms with van der Waals surface area (Å²) in [5.74, 6) is -0.162. The van der Waals surface area contributed by atoms with Crippen molar-refractivity contribution in [3.05, 3.63) is 118 Å². The number of carbonyl (C=O) groups is 3. The van der Waals surface area contributed by atoms with E-state index in [9.17, 15) is 14.4 Å². The van der Waals surface area contributed by atoms with Gasteiger partial charge in [0.15, 0.2) is 0 Å². The first-order valence-corrected chi connectivity index (χ1v) is 18.9. The number of carbonyl (C=O) groups excluding carboxylic acids is 3. The van der Waals surface area contributed by atoms with Gasteiger partial charge in [-0.25, -0.2) is 4.79 Å². The van der Waals surface area contributed by atoms with Crippen molar-refractivity contribution in [3.63, 3.8) is 0 Å². The summed E-state index contributed by atoms with van der Waals surface area (Å²) in [5.41, 5.74) is 5.77. The zero-order chi connectivity index (χ0) is 38.3. The molecule has 7 rings (SSSR count). The van der Waals surface area contributed by atoms with Crippen molar-refractivity contribution < 1.29 is 23.9 Å². The number of ether oxygens (including phenoxy) is 2. The number of esters is 1. The zero-order valence-corrected chi connectivity index (χ0v) is 32.4. The molecular weight excluding hydrogens is 700 g/mol. The molecule has 4 aromatic carbocycles. The van der Waals surface area contributed by atoms with Crippen molar-refractivity contribution in [3.8, 4) is 16.9 Å². The van der Waals surface area contributed by atoms with Crippen LogP contribution >= 0.6 is 11.6 Å². The molecule has 0 radical (unpaired) electrons. The number of imide groups is 1. The van der Waals surface area contributed by atoms with Crippen LogP contribution in [0.5, 0.6) is 5.75 Å². The molecule has 6 aromatic rings. The third-order valence-corrected chi connectivity index (χ3v) is 10.4. The van der Waals surface area contributed by atoms with E-state index in [0.29, 0.717) is 60.7 Å². The number of aromatic nitrogens is 3. The molecule has 3 heterocycles. The Bertz CT molecular complexity index is 2400. The maximum atomic E-state index is 14.4. The standard InChI is InChI=1S/C44H45ClN4O5/c1-27-37(28(2)47(6)46-27)38-35(45)23-22-32-31(20-14-26-53-36-21-13-16-29-15-7-8-17-30(29)36)40(43(52)54-44(3,4)5)48(39(32)38)24-11-12-25-49-41(50)33-18-9-10-19-34(33)42(49)51/h7-10,13,15-19,21-23H,11-12,14,20,24-26H2,1-6H3. The van der Waals surface area contributed by atoms with Gasteiger partial charge >= 0.3 is 5.97 Å². The Kier molecular flexibility index (Phi) is 10.1. The first-order valence-electron chi connectivity index (χ1n) is 18.5. The molecule has 0 atom stereocenters. The van der Waals surface area contributed by atoms with Crippen molar-refractivity contribution in [1.82, 2.24) is 19.2 Å². The highest BCUT2D eigenvalue weighted by molar-refractivity contribution is 6.35. The number of rotatable bonds is 12. The van der Waals surface area contributed by atoms with Crippen molar-refractivity contribution in [2.45, 2.75) is 72.4 Å². The van der Waals surface area contributed by atoms with Gasteiger partial charge < -0.3 is 14.0 Å². The Hall–Kier alpha value is -5.41. The second-order valence-corrected chi connectivity index (χ2v) is 15.3. The van der Waals surface area contributed by atoms with E-state index in [4.69, 9.17) is 26.2 Å². The molecule has 10 heteroatoms. The van der Waals surface area contributed by atoms with Gasteiger partial charge in [-0.15, -0.1) is 0 Å². The summed E-state index contributed by atoms with van der Waals surface area (Å²) in [6.07, 6.45) is 2.30. The lowest BCUT2D eigenvalue weighted by molar-refractivity contribution is 0.00564. The first-order chi connectivity index (χ1) is 25.9. The number of hydrogen-bond donors (Lipinski definition) is 0. The van der Waals surface area contributed by atoms with Gasteiger partial charge in [-0.05, 0) is 95.5 Å². The fourth-order valence-electron chi connectivity index (χ4n) is 7.64. The summed E-state index contributed by atoms with van der Waals surface area (Å²) in [6, 6.07) is 25.0. The maximum Gasteiger partial charge on any atom is 0.355 e. The lowest BCUT2D eigenvalue weighted by atomic mass is 9.98. The SMILES string of the molecule is Cc1nn(C)c(C)c1-c1c(Cl)ccc2c(CCCOc3cccc4ccccc34)c(C(=O)OC(C)(C)C)n(CCCCN3C(=O)c4ccccc4C3=O)c12. The first kappa shape index (κ1) is 36.9. The van der Waals surface area contributed by atoms with Crippen molar-refractivity contribution in [2.75, 3.05) is 13.2 Å². The zero-order valence-electron chi connectivity index (χ0n) is 31.7. The van der Waals surface area contributed by atoms with E-state index in [1.165, 1.54) is 4.90 Å². The molecular formula is C44H45ClN4O5. The Labute approximate surface area is 320 Å². The molecule has 2 amide bonds. The van der Waals surface area contributed by atoms with E-state index < -0.39 is 11.6 Å². The molecule has 0 spiro atoms. The number of hydrogen-bond acceptors (Lipinski definition) is 6. The minimum atomic E-state index is -0.740. The van der Waals surface area contributed by atoms with Crippen molar-refractivity contribution in [1.29, 1.82) is 0 Å². The van der Waals surface area contributed by atoms with Gasteiger partial charge in [0.1, 0.15) is 17.0 Å². The predicted octanol–water partition coefficient (Wildman–Crippen LogP) is 9.51. The highest BCUT2D eigenvalue weighted by Gasteiger charge is 2.35. The van der Waals surface area contributed by atoms with Gasteiger partial charge in [0.2, 0.25) is 0 Å². The van der Waals surface area contributed by atoms with Gasteiger partial charge in [-0.1, -0.05) is 66.2 Å². The van der Waals surface area contributed by atoms with Crippen LogP contribution in [-0.4, -0.2) is 55.8 Å². The molecule has 278 valence electrons. The van der Waals surface area contributed by atoms with Crippen LogP contribution in [0.1, 0.15) is 88.2 Å². The number of fused-ring (bicyclic) bond motifs is 3. The lowest BCUT2D eigenvalue weighted by Gasteiger charge is -2.21. The number of halogens is 1. The van der Waals surface area contributed by atoms with Crippen LogP contribution in [0.4, 0.5) is 0 Å². The minimum absolute atomic E-state index is 0.264. The molecule has 0 saturated heterocycles. The lowest BCUT2D eigenvalue weighted by Crippen LogP contribution is -2.31. The molecule has 2 aromatic heterocycles. The Morgan fingerprint density at radius 1 is 0.796 bits per heavy atom. The van der Waals surface area contributed by atoms with Gasteiger partial charge in [0.25, 0.3) is 11.8 Å². The molecule has 0 fully saturated rings. The smallest absolute Gasteiger partial charge is 0.355 e. The summed E-state index contributed by atoms with van der Waals surface area (Å²) in [6.45, 7) is 10.7. The van der Waals surface area contributed by atoms with E-state index in [-0.39, 0.29) is 18.4 Å². The summed E-state index contributed by atoms with van der Waals surface area (Å²) in [4.78, 5) is 41.9. The van der Waals surface area contributed by atoms with Crippen LogP contribution in [0.3, 0.4) is 0 Å². The molecule has 9 nitrogen and oxygen atoms in total. The highest BCUT2D eigenvalue weighted by atomic mass is 35.5. The number of aryl methyl sites for hydroxylation is 4. The van der Waals surface area contributed by atoms with E-state index in [1.807, 2.05) is 87.3 Å². The largest absolute Gasteiger partial charge is 0.493 e. The predicted molar refractivity (Wildman–Crippen MR) is 213 cm³/mol. The van der Waals surface area contributed by atoms with E-state index in [2.05, 4.69) is 18.2 Å². The number of unbranched alkanes of at least 4 members (excludes halogenated alkanes) is 1. The van der Waals surface area contributed by atoms with E-state index >= 15 is 0 Å². The Morgan fingerprint density at radius 3 is 2.15 bits per heavy atom. The Morgan fingerprint density at radius 2 is 1.46 bits per heavy atom. The molecule has 0 bridgehead atoms. The average molecular weight is 745 g/mol. The van der Waals surface area contributed by atoms with Crippen LogP contribution in [0, 0.1) is 13.8 Å². The summed E-state index contributed by atoms with van der Waals surface area (Å²) in [5, 5.41) is 8.33. The van der Waals surface area contributed by atoms with Crippen LogP contribution in [0.15, 0.2) is 78.9 Å². The summed E-state index contributed by atoms with van der Waals surface area (Å²) >= 11 is 7.11. The highest BCUT2D eigenvalue weighted by Crippen LogP contribution is 2.42. The van der Waals surface area contributed by atoms with Crippen LogP contribution in [0.2, 0.25) is 5.02 Å². The fourth-order valence-corrected chi connectivity index (χ4v) is 7.88. The second kappa shape index (κ2) is 14.8. The van der Waals surface area contributed by atoms with Gasteiger partial charge in [0.05, 0.1) is 34.0 Å². The molecule has 0 N–H and O–H groups in total. The molecule has 0 aliphatic carbocycles. The average Bonchev–Trinajstić information content (AvgIpc) is 3.68. The molecule has 0 saturated carbocycles. The van der Waals surface area contributed by atoms with E-state index in [0.717, 1.165) is 55.5 Å². The van der Waals surface area contributed by atoms with Crippen LogP contribution in [0.25, 0.3) is 32.8 Å². The molecule has 1 aliphatic rings. The minimum Gasteiger partial charge on any atom is -0.493 e. The topological polar surface area (TPSA) is 95.7 Å². The van der Waals surface area contributed by atoms with Crippen LogP contribution in [-0.2, 0) is 24.8 Å². The number of benzene rings is 4. The number of amides is 2. The maximum absolute atomic E-state index is 14.4. The van der Waals surface area contributed by atoms with Crippen molar-refractivity contribution in [2.24, 2.45) is 7.05 Å². The molecule has 1 aliphatic heterocycles. The Balaban J connectivity index is 1.27. The van der Waals surface area contributed by atoms with Gasteiger partial charge in [-0.2, -0.15) is 5.10 Å². The molecule has 0 unspecified atom stereocenters. The fraction of sp³-hybridized carbons (Fsp3) is 0.318. The summed E-state index contributed by atoms with van der Waals surface area (Å²) in [7, 11) is 1.91. The number of nitrogens with zero attached hydrogens (tertiary/aromatic N) is 4. The monoisotopic (exact) mass is 744 g/mol. The second-order valence-electron chi connectivity index (χ2n) is 14.9. The summed E-state index contributed by atoms with van der Waals surface area (Å²) < 4.78 is 16.3. The third-order valence-electron chi connectivity index (χ3n) is 10.1. The molecule has 54 heavy (non-hydrogen) atoms. The van der Waals surface area contributed by atoms with Crippen molar-refractivity contribution >= 4 is 51.1 Å². The normalized spacial score (nSPS) is 13.0. The van der Waals surface area contributed by atoms with Crippen LogP contribution < -0.4 is 4.74 Å². The van der Waals surface area contributed by atoms with Gasteiger partial charge in [-0.3, -0.25) is 19.2 Å². The van der Waals surface area contributed by atoms with E-state index in [1.54, 1.807) is 24.3 Å².